The maximum absolute atomic E-state index is 13.3. The number of fused-ring (bicyclic) bond motifs is 1. The maximum Gasteiger partial charge on any atom is 0.411 e. The first-order valence-corrected chi connectivity index (χ1v) is 17.0. The third kappa shape index (κ3) is 7.06. The molecule has 0 radical (unpaired) electrons. The fraction of sp³-hybridized carbons (Fsp3) is 0.615. The van der Waals surface area contributed by atoms with Crippen molar-refractivity contribution in [1.29, 1.82) is 0 Å². The van der Waals surface area contributed by atoms with Crippen molar-refractivity contribution in [3.05, 3.63) is 39.2 Å². The highest BCUT2D eigenvalue weighted by atomic mass is 35.5. The minimum Gasteiger partial charge on any atom is -0.444 e. The number of nitrogens with one attached hydrogen (secondary N) is 1. The van der Waals surface area contributed by atoms with Gasteiger partial charge in [0.2, 0.25) is 0 Å². The molecule has 2 aromatic heterocycles. The van der Waals surface area contributed by atoms with Crippen LogP contribution in [0.15, 0.2) is 18.3 Å². The summed E-state index contributed by atoms with van der Waals surface area (Å²) in [5.41, 5.74) is 0.535. The lowest BCUT2D eigenvalue weighted by atomic mass is 9.98. The number of nitro groups is 1. The smallest absolute Gasteiger partial charge is 0.411 e. The molecule has 3 heterocycles. The van der Waals surface area contributed by atoms with Crippen LogP contribution in [0.25, 0.3) is 11.0 Å². The predicted molar refractivity (Wildman–Crippen MR) is 154 cm³/mol. The van der Waals surface area contributed by atoms with Crippen LogP contribution < -0.4 is 5.32 Å². The molecule has 10 nitrogen and oxygen atoms in total. The molecule has 1 aliphatic heterocycles. The van der Waals surface area contributed by atoms with Gasteiger partial charge in [0.05, 0.1) is 16.4 Å². The van der Waals surface area contributed by atoms with Gasteiger partial charge in [-0.3, -0.25) is 19.6 Å². The summed E-state index contributed by atoms with van der Waals surface area (Å²) in [6, 6.07) is 0.371. The van der Waals surface area contributed by atoms with Crippen LogP contribution in [-0.4, -0.2) is 58.3 Å². The lowest BCUT2D eigenvalue weighted by Crippen LogP contribution is -2.40. The van der Waals surface area contributed by atoms with E-state index in [1.807, 2.05) is 46.8 Å². The van der Waals surface area contributed by atoms with Crippen molar-refractivity contribution in [2.45, 2.75) is 91.1 Å². The second-order valence-electron chi connectivity index (χ2n) is 12.1. The first-order valence-electron chi connectivity index (χ1n) is 12.9. The number of carbonyl (C=O) groups excluding carboxylic acids is 1. The Labute approximate surface area is 230 Å². The summed E-state index contributed by atoms with van der Waals surface area (Å²) in [4.78, 5) is 30.9. The lowest BCUT2D eigenvalue weighted by Gasteiger charge is -2.35. The minimum absolute atomic E-state index is 0.101. The third-order valence-electron chi connectivity index (χ3n) is 6.04. The maximum atomic E-state index is 13.3. The zero-order valence-electron chi connectivity index (χ0n) is 23.6. The van der Waals surface area contributed by atoms with Gasteiger partial charge in [-0.15, -0.1) is 0 Å². The monoisotopic (exact) mass is 565 g/mol. The Morgan fingerprint density at radius 3 is 2.58 bits per heavy atom. The number of ether oxygens (including phenoxy) is 2. The number of anilines is 1. The van der Waals surface area contributed by atoms with Crippen LogP contribution in [0.1, 0.15) is 52.6 Å². The molecule has 0 saturated heterocycles. The molecule has 0 aromatic carbocycles. The highest BCUT2D eigenvalue weighted by molar-refractivity contribution is 6.76. The van der Waals surface area contributed by atoms with E-state index in [-0.39, 0.29) is 18.5 Å². The number of aromatic nitrogens is 2. The average molecular weight is 566 g/mol. The van der Waals surface area contributed by atoms with E-state index in [9.17, 15) is 14.9 Å². The lowest BCUT2D eigenvalue weighted by molar-refractivity contribution is -0.384. The summed E-state index contributed by atoms with van der Waals surface area (Å²) in [7, 11) is -1.31. The Bertz CT molecular complexity index is 1220. The molecule has 210 valence electrons. The first-order chi connectivity index (χ1) is 17.6. The van der Waals surface area contributed by atoms with Gasteiger partial charge in [0, 0.05) is 32.8 Å². The van der Waals surface area contributed by atoms with Gasteiger partial charge in [-0.25, -0.2) is 9.78 Å². The summed E-state index contributed by atoms with van der Waals surface area (Å²) < 4.78 is 13.5. The molecule has 0 spiro atoms. The highest BCUT2D eigenvalue weighted by Gasteiger charge is 2.36. The van der Waals surface area contributed by atoms with Crippen LogP contribution in [0.4, 0.5) is 16.2 Å². The van der Waals surface area contributed by atoms with Crippen molar-refractivity contribution in [1.82, 2.24) is 14.5 Å². The second kappa shape index (κ2) is 11.6. The van der Waals surface area contributed by atoms with E-state index in [0.717, 1.165) is 6.04 Å². The van der Waals surface area contributed by atoms with E-state index < -0.39 is 30.7 Å². The van der Waals surface area contributed by atoms with E-state index in [0.29, 0.717) is 47.0 Å². The molecule has 1 N–H and O–H groups in total. The van der Waals surface area contributed by atoms with Gasteiger partial charge >= 0.3 is 11.8 Å². The Morgan fingerprint density at radius 1 is 1.32 bits per heavy atom. The van der Waals surface area contributed by atoms with E-state index in [2.05, 4.69) is 29.9 Å². The topological polar surface area (TPSA) is 112 Å². The van der Waals surface area contributed by atoms with Crippen molar-refractivity contribution >= 4 is 48.2 Å². The van der Waals surface area contributed by atoms with Gasteiger partial charge < -0.3 is 14.8 Å². The summed E-state index contributed by atoms with van der Waals surface area (Å²) in [5, 5.41) is 16.1. The molecule has 1 atom stereocenters. The largest absolute Gasteiger partial charge is 0.444 e. The number of halogens is 1. The van der Waals surface area contributed by atoms with Gasteiger partial charge in [-0.05, 0) is 47.1 Å². The van der Waals surface area contributed by atoms with Gasteiger partial charge in [-0.2, -0.15) is 0 Å². The number of nitrogens with zero attached hydrogens (tertiary/aromatic N) is 4. The van der Waals surface area contributed by atoms with Crippen LogP contribution in [-0.2, 0) is 16.2 Å². The Balaban J connectivity index is 2.21. The van der Waals surface area contributed by atoms with E-state index in [4.69, 9.17) is 21.1 Å². The van der Waals surface area contributed by atoms with Crippen molar-refractivity contribution in [3.8, 4) is 0 Å². The second-order valence-corrected chi connectivity index (χ2v) is 18.1. The Hall–Kier alpha value is -2.63. The number of carbonyl (C=O) groups is 1. The molecule has 1 aliphatic rings. The molecular weight excluding hydrogens is 526 g/mol. The fourth-order valence-corrected chi connectivity index (χ4v) is 5.39. The molecule has 12 heteroatoms. The van der Waals surface area contributed by atoms with Gasteiger partial charge in [0.25, 0.3) is 0 Å². The molecule has 38 heavy (non-hydrogen) atoms. The number of hydrogen-bond donors (Lipinski definition) is 1. The Kier molecular flexibility index (Phi) is 9.15. The number of amides is 1. The Morgan fingerprint density at radius 2 is 2.00 bits per heavy atom. The summed E-state index contributed by atoms with van der Waals surface area (Å²) >= 11 is 7.05. The highest BCUT2D eigenvalue weighted by Crippen LogP contribution is 2.45. The zero-order chi connectivity index (χ0) is 28.4. The van der Waals surface area contributed by atoms with Crippen LogP contribution in [0.2, 0.25) is 30.8 Å². The number of rotatable bonds is 9. The molecule has 0 bridgehead atoms. The molecule has 2 aromatic rings. The van der Waals surface area contributed by atoms with Crippen LogP contribution in [0.5, 0.6) is 0 Å². The van der Waals surface area contributed by atoms with Gasteiger partial charge in [0.1, 0.15) is 35.0 Å². The van der Waals surface area contributed by atoms with E-state index in [1.54, 1.807) is 9.47 Å². The molecule has 0 fully saturated rings. The van der Waals surface area contributed by atoms with Crippen LogP contribution in [0, 0.1) is 10.1 Å². The molecular formula is C26H40ClN5O5Si. The van der Waals surface area contributed by atoms with Crippen LogP contribution in [0.3, 0.4) is 0 Å². The van der Waals surface area contributed by atoms with Crippen molar-refractivity contribution in [2.75, 3.05) is 18.5 Å². The number of pyridine rings is 1. The van der Waals surface area contributed by atoms with E-state index in [1.165, 1.54) is 6.20 Å². The van der Waals surface area contributed by atoms with Crippen molar-refractivity contribution in [3.63, 3.8) is 0 Å². The van der Waals surface area contributed by atoms with E-state index >= 15 is 0 Å². The van der Waals surface area contributed by atoms with Gasteiger partial charge in [-0.1, -0.05) is 43.4 Å². The average Bonchev–Trinajstić information content (AvgIpc) is 3.06. The first kappa shape index (κ1) is 29.9. The van der Waals surface area contributed by atoms with Crippen molar-refractivity contribution < 1.29 is 19.2 Å². The fourth-order valence-electron chi connectivity index (χ4n) is 4.29. The molecule has 0 aliphatic carbocycles. The quantitative estimate of drug-likeness (QED) is 0.115. The molecule has 0 saturated carbocycles. The molecule has 3 rings (SSSR count). The van der Waals surface area contributed by atoms with Crippen LogP contribution >= 0.6 is 11.6 Å². The summed E-state index contributed by atoms with van der Waals surface area (Å²) in [6.07, 6.45) is 5.12. The third-order valence-corrected chi connectivity index (χ3v) is 8.15. The normalized spacial score (nSPS) is 16.4. The SMILES string of the molecule is CC(C)Nc1c([N+](=O)[O-])cnc2c1c(C1CC=CCN1C(=O)OC(C)(C)C)c(Cl)n2COCC[Si](C)(C)C. The number of hydrogen-bond acceptors (Lipinski definition) is 7. The molecule has 1 unspecified atom stereocenters. The summed E-state index contributed by atoms with van der Waals surface area (Å²) in [6.45, 7) is 17.1. The predicted octanol–water partition coefficient (Wildman–Crippen LogP) is 6.97. The minimum atomic E-state index is -1.31. The standard InChI is InChI=1S/C26H40ClN5O5Si/c1-17(2)29-22-19(32(34)35)15-28-24-21(22)20(23(27)31(24)16-36-13-14-38(6,7)8)18-11-9-10-12-30(18)25(33)37-26(3,4)5/h9-10,15,17-18H,11-14,16H2,1-8H3,(H,28,29). The zero-order valence-corrected chi connectivity index (χ0v) is 25.4. The van der Waals surface area contributed by atoms with Crippen molar-refractivity contribution in [2.24, 2.45) is 0 Å². The summed E-state index contributed by atoms with van der Waals surface area (Å²) in [5.74, 6) is 0. The van der Waals surface area contributed by atoms with Gasteiger partial charge in [0.15, 0.2) is 0 Å². The molecule has 1 amide bonds.